The molecule has 1 aromatic heterocycles. The van der Waals surface area contributed by atoms with E-state index in [9.17, 15) is 4.79 Å². The molecule has 0 saturated carbocycles. The molecule has 1 saturated heterocycles. The van der Waals surface area contributed by atoms with Crippen LogP contribution in [0.3, 0.4) is 0 Å². The summed E-state index contributed by atoms with van der Waals surface area (Å²) in [6.45, 7) is 6.78. The van der Waals surface area contributed by atoms with Gasteiger partial charge in [-0.3, -0.25) is 0 Å². The molecular weight excluding hydrogens is 306 g/mol. The van der Waals surface area contributed by atoms with E-state index < -0.39 is 5.60 Å². The number of benzene rings is 1. The van der Waals surface area contributed by atoms with Crippen molar-refractivity contribution in [2.75, 3.05) is 13.1 Å². The second-order valence-corrected chi connectivity index (χ2v) is 6.91. The van der Waals surface area contributed by atoms with E-state index in [-0.39, 0.29) is 12.2 Å². The van der Waals surface area contributed by atoms with Crippen molar-refractivity contribution in [2.24, 2.45) is 0 Å². The summed E-state index contributed by atoms with van der Waals surface area (Å²) in [5.41, 5.74) is 0.501. The zero-order valence-electron chi connectivity index (χ0n) is 14.3. The number of hydrogen-bond donors (Lipinski definition) is 0. The number of likely N-dealkylation sites (tertiary alicyclic amines) is 1. The van der Waals surface area contributed by atoms with Gasteiger partial charge in [-0.05, 0) is 32.9 Å². The number of amides is 1. The molecule has 6 heteroatoms. The number of ether oxygens (including phenoxy) is 2. The summed E-state index contributed by atoms with van der Waals surface area (Å²) >= 11 is 0. The van der Waals surface area contributed by atoms with E-state index in [1.54, 1.807) is 15.8 Å². The largest absolute Gasteiger partial charge is 0.485 e. The van der Waals surface area contributed by atoms with Gasteiger partial charge in [0.2, 0.25) is 0 Å². The fourth-order valence-corrected chi connectivity index (χ4v) is 2.60. The van der Waals surface area contributed by atoms with Crippen molar-refractivity contribution in [1.29, 1.82) is 0 Å². The molecule has 2 heterocycles. The molecule has 1 aliphatic rings. The second kappa shape index (κ2) is 6.55. The van der Waals surface area contributed by atoms with Crippen molar-refractivity contribution in [1.82, 2.24) is 14.7 Å². The predicted molar refractivity (Wildman–Crippen MR) is 90.4 cm³/mol. The van der Waals surface area contributed by atoms with Crippen LogP contribution in [0.15, 0.2) is 42.7 Å². The highest BCUT2D eigenvalue weighted by Crippen LogP contribution is 2.21. The summed E-state index contributed by atoms with van der Waals surface area (Å²) in [5, 5.41) is 4.32. The van der Waals surface area contributed by atoms with Gasteiger partial charge < -0.3 is 14.4 Å². The van der Waals surface area contributed by atoms with Crippen molar-refractivity contribution < 1.29 is 14.3 Å². The van der Waals surface area contributed by atoms with Crippen LogP contribution < -0.4 is 4.74 Å². The first-order chi connectivity index (χ1) is 11.4. The van der Waals surface area contributed by atoms with Gasteiger partial charge in [0, 0.05) is 13.0 Å². The van der Waals surface area contributed by atoms with Crippen LogP contribution >= 0.6 is 0 Å². The summed E-state index contributed by atoms with van der Waals surface area (Å²) in [7, 11) is 0. The number of hydrogen-bond acceptors (Lipinski definition) is 4. The molecule has 0 unspecified atom stereocenters. The Kier molecular flexibility index (Phi) is 4.46. The Balaban J connectivity index is 1.56. The Morgan fingerprint density at radius 2 is 2.00 bits per heavy atom. The molecule has 0 spiro atoms. The third kappa shape index (κ3) is 4.07. The summed E-state index contributed by atoms with van der Waals surface area (Å²) < 4.78 is 13.1. The predicted octanol–water partition coefficient (Wildman–Crippen LogP) is 3.26. The van der Waals surface area contributed by atoms with Gasteiger partial charge in [-0.15, -0.1) is 0 Å². The molecule has 0 radical (unpaired) electrons. The lowest BCUT2D eigenvalue weighted by Crippen LogP contribution is -2.36. The maximum absolute atomic E-state index is 12.1. The van der Waals surface area contributed by atoms with Gasteiger partial charge in [-0.1, -0.05) is 18.2 Å². The van der Waals surface area contributed by atoms with E-state index in [0.717, 1.165) is 12.1 Å². The Morgan fingerprint density at radius 3 is 2.71 bits per heavy atom. The van der Waals surface area contributed by atoms with Crippen molar-refractivity contribution in [3.8, 4) is 11.4 Å². The number of carbonyl (C=O) groups is 1. The fraction of sp³-hybridized carbons (Fsp3) is 0.444. The number of rotatable bonds is 3. The third-order valence-corrected chi connectivity index (χ3v) is 3.68. The molecule has 1 amide bonds. The van der Waals surface area contributed by atoms with Crippen LogP contribution in [0.25, 0.3) is 5.69 Å². The zero-order valence-corrected chi connectivity index (χ0v) is 14.3. The number of para-hydroxylation sites is 1. The molecule has 1 fully saturated rings. The van der Waals surface area contributed by atoms with E-state index >= 15 is 0 Å². The van der Waals surface area contributed by atoms with E-state index in [0.29, 0.717) is 18.8 Å². The first-order valence-electron chi connectivity index (χ1n) is 8.15. The summed E-state index contributed by atoms with van der Waals surface area (Å²) in [4.78, 5) is 13.8. The SMILES string of the molecule is CC(C)(C)OC(=O)N1CC[C@@H](Oc2cnn(-c3ccccc3)c2)C1. The minimum Gasteiger partial charge on any atom is -0.485 e. The number of carbonyl (C=O) groups excluding carboxylic acids is 1. The van der Waals surface area contributed by atoms with Crippen LogP contribution in [0.2, 0.25) is 0 Å². The van der Waals surface area contributed by atoms with Crippen molar-refractivity contribution in [3.05, 3.63) is 42.7 Å². The van der Waals surface area contributed by atoms with Crippen molar-refractivity contribution in [3.63, 3.8) is 0 Å². The van der Waals surface area contributed by atoms with Crippen LogP contribution in [0, 0.1) is 0 Å². The molecule has 128 valence electrons. The van der Waals surface area contributed by atoms with Gasteiger partial charge >= 0.3 is 6.09 Å². The first kappa shape index (κ1) is 16.4. The molecule has 24 heavy (non-hydrogen) atoms. The van der Waals surface area contributed by atoms with Gasteiger partial charge in [0.15, 0.2) is 5.75 Å². The minimum atomic E-state index is -0.479. The highest BCUT2D eigenvalue weighted by atomic mass is 16.6. The van der Waals surface area contributed by atoms with Crippen LogP contribution in [-0.2, 0) is 4.74 Å². The average Bonchev–Trinajstić information content (AvgIpc) is 3.16. The average molecular weight is 329 g/mol. The molecule has 6 nitrogen and oxygen atoms in total. The number of aromatic nitrogens is 2. The fourth-order valence-electron chi connectivity index (χ4n) is 2.60. The Bertz CT molecular complexity index is 691. The van der Waals surface area contributed by atoms with Crippen LogP contribution in [-0.4, -0.2) is 45.6 Å². The summed E-state index contributed by atoms with van der Waals surface area (Å²) in [6, 6.07) is 9.86. The van der Waals surface area contributed by atoms with Crippen LogP contribution in [0.5, 0.6) is 5.75 Å². The lowest BCUT2D eigenvalue weighted by molar-refractivity contribution is 0.0275. The summed E-state index contributed by atoms with van der Waals surface area (Å²) in [6.07, 6.45) is 4.02. The molecule has 1 atom stereocenters. The maximum Gasteiger partial charge on any atom is 0.410 e. The Labute approximate surface area is 142 Å². The molecule has 0 aliphatic carbocycles. The first-order valence-corrected chi connectivity index (χ1v) is 8.15. The van der Waals surface area contributed by atoms with Crippen LogP contribution in [0.4, 0.5) is 4.79 Å². The van der Waals surface area contributed by atoms with Gasteiger partial charge in [0.25, 0.3) is 0 Å². The van der Waals surface area contributed by atoms with E-state index in [2.05, 4.69) is 5.10 Å². The lowest BCUT2D eigenvalue weighted by atomic mass is 10.2. The van der Waals surface area contributed by atoms with E-state index in [1.807, 2.05) is 57.3 Å². The Hall–Kier alpha value is -2.50. The van der Waals surface area contributed by atoms with Gasteiger partial charge in [-0.25, -0.2) is 9.48 Å². The molecular formula is C18H23N3O3. The smallest absolute Gasteiger partial charge is 0.410 e. The molecule has 1 aromatic carbocycles. The highest BCUT2D eigenvalue weighted by Gasteiger charge is 2.31. The Morgan fingerprint density at radius 1 is 1.25 bits per heavy atom. The minimum absolute atomic E-state index is 0.0362. The summed E-state index contributed by atoms with van der Waals surface area (Å²) in [5.74, 6) is 0.704. The topological polar surface area (TPSA) is 56.6 Å². The molecule has 2 aromatic rings. The van der Waals surface area contributed by atoms with Gasteiger partial charge in [0.1, 0.15) is 11.7 Å². The van der Waals surface area contributed by atoms with Crippen LogP contribution in [0.1, 0.15) is 27.2 Å². The molecule has 0 N–H and O–H groups in total. The normalized spacial score (nSPS) is 17.8. The molecule has 3 rings (SSSR count). The third-order valence-electron chi connectivity index (χ3n) is 3.68. The lowest BCUT2D eigenvalue weighted by Gasteiger charge is -2.24. The second-order valence-electron chi connectivity index (χ2n) is 6.91. The van der Waals surface area contributed by atoms with Gasteiger partial charge in [0.05, 0.1) is 24.6 Å². The van der Waals surface area contributed by atoms with Crippen molar-refractivity contribution >= 4 is 6.09 Å². The molecule has 0 bridgehead atoms. The van der Waals surface area contributed by atoms with E-state index in [1.165, 1.54) is 0 Å². The van der Waals surface area contributed by atoms with Gasteiger partial charge in [-0.2, -0.15) is 5.10 Å². The standard InChI is InChI=1S/C18H23N3O3/c1-18(2,3)24-17(22)20-10-9-15(12-20)23-16-11-19-21(13-16)14-7-5-4-6-8-14/h4-8,11,13,15H,9-10,12H2,1-3H3/t15-/m1/s1. The highest BCUT2D eigenvalue weighted by molar-refractivity contribution is 5.68. The maximum atomic E-state index is 12.1. The zero-order chi connectivity index (χ0) is 17.2. The monoisotopic (exact) mass is 329 g/mol. The molecule has 1 aliphatic heterocycles. The van der Waals surface area contributed by atoms with E-state index in [4.69, 9.17) is 9.47 Å². The quantitative estimate of drug-likeness (QED) is 0.867. The number of nitrogens with zero attached hydrogens (tertiary/aromatic N) is 3. The van der Waals surface area contributed by atoms with Crippen molar-refractivity contribution in [2.45, 2.75) is 38.9 Å².